The first-order chi connectivity index (χ1) is 15.2. The number of nitrogens with zero attached hydrogens (tertiary/aromatic N) is 3. The normalized spacial score (nSPS) is 19.0. The molecule has 2 aromatic carbocycles. The SMILES string of the molecule is Fc1cccc(Cn2cnc3ccc(C4=C(Cl)CN(CCC5CCCN5)C=C4)cc32)c1. The quantitative estimate of drug-likeness (QED) is 0.580. The summed E-state index contributed by atoms with van der Waals surface area (Å²) in [5, 5.41) is 4.42. The molecule has 1 saturated heterocycles. The molecule has 0 aliphatic carbocycles. The molecule has 6 heteroatoms. The van der Waals surface area contributed by atoms with E-state index in [1.165, 1.54) is 18.9 Å². The second-order valence-electron chi connectivity index (χ2n) is 8.39. The summed E-state index contributed by atoms with van der Waals surface area (Å²) in [5.41, 5.74) is 4.97. The zero-order valence-corrected chi connectivity index (χ0v) is 18.2. The summed E-state index contributed by atoms with van der Waals surface area (Å²) < 4.78 is 15.6. The van der Waals surface area contributed by atoms with Crippen molar-refractivity contribution in [3.8, 4) is 0 Å². The largest absolute Gasteiger partial charge is 0.372 e. The number of imidazole rings is 1. The molecular weight excluding hydrogens is 411 g/mol. The van der Waals surface area contributed by atoms with Crippen LogP contribution in [0.25, 0.3) is 16.6 Å². The predicted molar refractivity (Wildman–Crippen MR) is 124 cm³/mol. The van der Waals surface area contributed by atoms with Gasteiger partial charge >= 0.3 is 0 Å². The zero-order chi connectivity index (χ0) is 21.2. The molecule has 1 unspecified atom stereocenters. The molecule has 4 nitrogen and oxygen atoms in total. The van der Waals surface area contributed by atoms with E-state index in [1.807, 2.05) is 18.5 Å². The van der Waals surface area contributed by atoms with Crippen LogP contribution < -0.4 is 5.32 Å². The van der Waals surface area contributed by atoms with Crippen LogP contribution in [0.2, 0.25) is 0 Å². The van der Waals surface area contributed by atoms with Crippen molar-refractivity contribution in [3.05, 3.63) is 83.0 Å². The van der Waals surface area contributed by atoms with Crippen LogP contribution in [-0.4, -0.2) is 40.1 Å². The van der Waals surface area contributed by atoms with Crippen LogP contribution in [0.15, 0.2) is 66.1 Å². The van der Waals surface area contributed by atoms with Gasteiger partial charge in [0.25, 0.3) is 0 Å². The number of benzene rings is 2. The van der Waals surface area contributed by atoms with Gasteiger partial charge in [-0.2, -0.15) is 0 Å². The van der Waals surface area contributed by atoms with Crippen molar-refractivity contribution < 1.29 is 4.39 Å². The predicted octanol–water partition coefficient (Wildman–Crippen LogP) is 5.15. The lowest BCUT2D eigenvalue weighted by molar-refractivity contribution is 0.372. The van der Waals surface area contributed by atoms with Gasteiger partial charge in [0, 0.05) is 30.4 Å². The highest BCUT2D eigenvalue weighted by molar-refractivity contribution is 6.33. The van der Waals surface area contributed by atoms with Gasteiger partial charge in [0.05, 0.1) is 23.9 Å². The second kappa shape index (κ2) is 8.85. The molecule has 160 valence electrons. The number of fused-ring (bicyclic) bond motifs is 1. The first-order valence-corrected chi connectivity index (χ1v) is 11.3. The molecular formula is C25H26ClFN4. The highest BCUT2D eigenvalue weighted by Gasteiger charge is 2.18. The summed E-state index contributed by atoms with van der Waals surface area (Å²) in [6.45, 7) is 3.46. The summed E-state index contributed by atoms with van der Waals surface area (Å²) in [4.78, 5) is 6.79. The number of aromatic nitrogens is 2. The Morgan fingerprint density at radius 1 is 1.19 bits per heavy atom. The third-order valence-electron chi connectivity index (χ3n) is 6.19. The molecule has 1 atom stereocenters. The highest BCUT2D eigenvalue weighted by Crippen LogP contribution is 2.30. The van der Waals surface area contributed by atoms with Crippen molar-refractivity contribution in [1.29, 1.82) is 0 Å². The molecule has 0 bridgehead atoms. The molecule has 1 fully saturated rings. The van der Waals surface area contributed by atoms with E-state index in [9.17, 15) is 4.39 Å². The summed E-state index contributed by atoms with van der Waals surface area (Å²) in [6.07, 6.45) is 9.78. The van der Waals surface area contributed by atoms with Crippen molar-refractivity contribution in [2.24, 2.45) is 0 Å². The molecule has 3 heterocycles. The molecule has 2 aliphatic rings. The standard InChI is InChI=1S/C25H26ClFN4/c26-23-16-30(11-8-21-5-2-10-28-21)12-9-22(23)19-6-7-24-25(14-19)31(17-29-24)15-18-3-1-4-20(27)13-18/h1,3-4,6-7,9,12-14,17,21,28H,2,5,8,10-11,15-16H2. The van der Waals surface area contributed by atoms with E-state index >= 15 is 0 Å². The lowest BCUT2D eigenvalue weighted by Gasteiger charge is -2.26. The summed E-state index contributed by atoms with van der Waals surface area (Å²) in [7, 11) is 0. The summed E-state index contributed by atoms with van der Waals surface area (Å²) in [6, 6.07) is 13.6. The van der Waals surface area contributed by atoms with Crippen LogP contribution in [0.3, 0.4) is 0 Å². The van der Waals surface area contributed by atoms with E-state index in [0.29, 0.717) is 12.6 Å². The third kappa shape index (κ3) is 4.53. The minimum absolute atomic E-state index is 0.222. The van der Waals surface area contributed by atoms with Gasteiger partial charge in [-0.15, -0.1) is 0 Å². The molecule has 1 N–H and O–H groups in total. The van der Waals surface area contributed by atoms with Crippen molar-refractivity contribution in [3.63, 3.8) is 0 Å². The maximum absolute atomic E-state index is 13.6. The second-order valence-corrected chi connectivity index (χ2v) is 8.85. The van der Waals surface area contributed by atoms with Gasteiger partial charge in [-0.05, 0) is 72.8 Å². The number of rotatable bonds is 6. The van der Waals surface area contributed by atoms with E-state index in [2.05, 4.69) is 44.2 Å². The fourth-order valence-corrected chi connectivity index (χ4v) is 4.83. The first kappa shape index (κ1) is 20.3. The van der Waals surface area contributed by atoms with Gasteiger partial charge in [0.1, 0.15) is 5.82 Å². The monoisotopic (exact) mass is 436 g/mol. The molecule has 31 heavy (non-hydrogen) atoms. The van der Waals surface area contributed by atoms with Crippen molar-refractivity contribution in [2.45, 2.75) is 31.8 Å². The zero-order valence-electron chi connectivity index (χ0n) is 17.4. The Bertz CT molecular complexity index is 1140. The molecule has 2 aliphatic heterocycles. The fourth-order valence-electron chi connectivity index (χ4n) is 4.50. The van der Waals surface area contributed by atoms with Gasteiger partial charge in [0.2, 0.25) is 0 Å². The number of hydrogen-bond acceptors (Lipinski definition) is 3. The van der Waals surface area contributed by atoms with E-state index in [-0.39, 0.29) is 5.82 Å². The molecule has 5 rings (SSSR count). The number of halogens is 2. The van der Waals surface area contributed by atoms with Gasteiger partial charge in [-0.3, -0.25) is 0 Å². The number of allylic oxidation sites excluding steroid dienone is 2. The Morgan fingerprint density at radius 2 is 2.13 bits per heavy atom. The lowest BCUT2D eigenvalue weighted by Crippen LogP contribution is -2.29. The van der Waals surface area contributed by atoms with Crippen LogP contribution in [0.1, 0.15) is 30.4 Å². The first-order valence-electron chi connectivity index (χ1n) is 10.9. The smallest absolute Gasteiger partial charge is 0.123 e. The Morgan fingerprint density at radius 3 is 2.94 bits per heavy atom. The van der Waals surface area contributed by atoms with Gasteiger partial charge in [-0.25, -0.2) is 9.37 Å². The number of hydrogen-bond donors (Lipinski definition) is 1. The Labute approximate surface area is 187 Å². The lowest BCUT2D eigenvalue weighted by atomic mass is 10.0. The Kier molecular flexibility index (Phi) is 5.79. The van der Waals surface area contributed by atoms with Gasteiger partial charge < -0.3 is 14.8 Å². The van der Waals surface area contributed by atoms with Gasteiger partial charge in [0.15, 0.2) is 0 Å². The average molecular weight is 437 g/mol. The van der Waals surface area contributed by atoms with E-state index in [4.69, 9.17) is 11.6 Å². The maximum atomic E-state index is 13.6. The summed E-state index contributed by atoms with van der Waals surface area (Å²) >= 11 is 6.73. The fraction of sp³-hybridized carbons (Fsp3) is 0.320. The maximum Gasteiger partial charge on any atom is 0.123 e. The third-order valence-corrected chi connectivity index (χ3v) is 6.51. The highest BCUT2D eigenvalue weighted by atomic mass is 35.5. The van der Waals surface area contributed by atoms with Crippen molar-refractivity contribution >= 4 is 28.2 Å². The molecule has 0 radical (unpaired) electrons. The van der Waals surface area contributed by atoms with Crippen LogP contribution in [0.5, 0.6) is 0 Å². The van der Waals surface area contributed by atoms with Gasteiger partial charge in [-0.1, -0.05) is 29.8 Å². The minimum atomic E-state index is -0.222. The molecule has 0 saturated carbocycles. The Balaban J connectivity index is 1.34. The van der Waals surface area contributed by atoms with Crippen molar-refractivity contribution in [2.75, 3.05) is 19.6 Å². The average Bonchev–Trinajstić information content (AvgIpc) is 3.42. The number of nitrogens with one attached hydrogen (secondary N) is 1. The Hall–Kier alpha value is -2.63. The summed E-state index contributed by atoms with van der Waals surface area (Å²) in [5.74, 6) is -0.222. The minimum Gasteiger partial charge on any atom is -0.372 e. The molecule has 1 aromatic heterocycles. The van der Waals surface area contributed by atoms with E-state index < -0.39 is 0 Å². The molecule has 0 spiro atoms. The van der Waals surface area contributed by atoms with Crippen LogP contribution >= 0.6 is 11.6 Å². The van der Waals surface area contributed by atoms with Crippen LogP contribution in [-0.2, 0) is 6.54 Å². The van der Waals surface area contributed by atoms with Crippen LogP contribution in [0, 0.1) is 5.82 Å². The molecule has 3 aromatic rings. The molecule has 0 amide bonds. The topological polar surface area (TPSA) is 33.1 Å². The van der Waals surface area contributed by atoms with E-state index in [1.54, 1.807) is 12.1 Å². The van der Waals surface area contributed by atoms with E-state index in [0.717, 1.165) is 58.8 Å². The van der Waals surface area contributed by atoms with Crippen molar-refractivity contribution in [1.82, 2.24) is 19.8 Å². The van der Waals surface area contributed by atoms with Crippen LogP contribution in [0.4, 0.5) is 4.39 Å².